The van der Waals surface area contributed by atoms with E-state index in [9.17, 15) is 56.2 Å². The minimum atomic E-state index is -1.66. The molecule has 0 aromatic carbocycles. The molecule has 18 unspecified atom stereocenters. The van der Waals surface area contributed by atoms with Crippen LogP contribution in [0.5, 0.6) is 0 Å². The van der Waals surface area contributed by atoms with Crippen LogP contribution in [0.4, 0.5) is 0 Å². The van der Waals surface area contributed by atoms with Crippen LogP contribution in [0.3, 0.4) is 0 Å². The van der Waals surface area contributed by atoms with Gasteiger partial charge in [0.2, 0.25) is 11.6 Å². The van der Waals surface area contributed by atoms with Crippen molar-refractivity contribution in [2.75, 3.05) is 106 Å². The molecule has 18 fully saturated rings. The molecule has 12 bridgehead atoms. The molecule has 0 radical (unpaired) electrons. The number of aliphatic hydroxyl groups is 11. The van der Waals surface area contributed by atoms with Gasteiger partial charge in [0.15, 0.2) is 29.4 Å². The molecule has 18 heterocycles. The van der Waals surface area contributed by atoms with E-state index >= 15 is 0 Å². The Hall–Kier alpha value is -1.16. The Balaban J connectivity index is 0.672. The fourth-order valence-electron chi connectivity index (χ4n) is 13.8. The third-order valence-electron chi connectivity index (χ3n) is 18.7. The van der Waals surface area contributed by atoms with E-state index in [2.05, 4.69) is 0 Å². The molecule has 440 valence electrons. The predicted octanol–water partition coefficient (Wildman–Crippen LogP) is -7.50. The van der Waals surface area contributed by atoms with Gasteiger partial charge in [-0.25, -0.2) is 0 Å². The highest BCUT2D eigenvalue weighted by molar-refractivity contribution is 5.11. The first-order chi connectivity index (χ1) is 36.9. The number of ether oxygens (including phenoxy) is 18. The van der Waals surface area contributed by atoms with E-state index in [0.29, 0.717) is 0 Å². The second-order valence-corrected chi connectivity index (χ2v) is 22.8. The van der Waals surface area contributed by atoms with E-state index in [4.69, 9.17) is 85.3 Å². The smallest absolute Gasteiger partial charge is 0.202 e. The summed E-state index contributed by atoms with van der Waals surface area (Å²) >= 11 is 0. The molecule has 0 saturated carbocycles. The van der Waals surface area contributed by atoms with Gasteiger partial charge < -0.3 is 141 Å². The van der Waals surface area contributed by atoms with Crippen molar-refractivity contribution in [2.24, 2.45) is 35.5 Å². The number of hydrogen-bond donors (Lipinski definition) is 11. The van der Waals surface area contributed by atoms with Gasteiger partial charge in [0, 0.05) is 18.9 Å². The lowest BCUT2D eigenvalue weighted by Crippen LogP contribution is -2.79. The van der Waals surface area contributed by atoms with Gasteiger partial charge in [-0.15, -0.1) is 0 Å². The predicted molar refractivity (Wildman–Crippen MR) is 240 cm³/mol. The average molecular weight is 1120 g/mol. The fraction of sp³-hybridized carbons (Fsp3) is 1.00. The summed E-state index contributed by atoms with van der Waals surface area (Å²) < 4.78 is 107. The minimum Gasteiger partial charge on any atom is -0.391 e. The van der Waals surface area contributed by atoms with Crippen LogP contribution in [-0.2, 0) is 85.3 Å². The van der Waals surface area contributed by atoms with Crippen molar-refractivity contribution >= 4 is 0 Å². The molecule has 77 heavy (non-hydrogen) atoms. The Bertz CT molecular complexity index is 2090. The zero-order valence-electron chi connectivity index (χ0n) is 42.7. The van der Waals surface area contributed by atoms with Gasteiger partial charge in [0.1, 0.15) is 79.9 Å². The summed E-state index contributed by atoms with van der Waals surface area (Å²) in [5, 5.41) is 118. The Labute approximate surface area is 441 Å². The lowest BCUT2D eigenvalue weighted by molar-refractivity contribution is -0.514. The maximum Gasteiger partial charge on any atom is 0.202 e. The topological polar surface area (TPSA) is 389 Å². The van der Waals surface area contributed by atoms with Crippen molar-refractivity contribution in [3.8, 4) is 0 Å². The summed E-state index contributed by atoms with van der Waals surface area (Å²) in [6.07, 6.45) is -17.3. The van der Waals surface area contributed by atoms with E-state index in [1.807, 2.05) is 13.8 Å². The molecule has 11 N–H and O–H groups in total. The number of methoxy groups -OCH3 is 1. The number of rotatable bonds is 26. The van der Waals surface area contributed by atoms with Crippen molar-refractivity contribution in [3.63, 3.8) is 0 Å². The molecular weight excluding hydrogens is 1040 g/mol. The molecule has 18 rings (SSSR count). The molecule has 29 heteroatoms. The second-order valence-electron chi connectivity index (χ2n) is 22.8. The minimum absolute atomic E-state index is 0.0368. The van der Waals surface area contributed by atoms with E-state index < -0.39 is 208 Å². The normalized spacial score (nSPS) is 56.2. The van der Waals surface area contributed by atoms with Gasteiger partial charge in [0.05, 0.1) is 147 Å². The molecule has 0 spiro atoms. The molecular formula is C48H74O29. The molecule has 0 aromatic rings. The van der Waals surface area contributed by atoms with Crippen LogP contribution in [0, 0.1) is 35.5 Å². The summed E-state index contributed by atoms with van der Waals surface area (Å²) in [5.41, 5.74) is 0. The van der Waals surface area contributed by atoms with E-state index in [0.717, 1.165) is 0 Å². The summed E-state index contributed by atoms with van der Waals surface area (Å²) in [7, 11) is 1.46. The Morgan fingerprint density at radius 3 is 0.974 bits per heavy atom. The molecule has 0 aromatic heterocycles. The molecule has 30 atom stereocenters. The average Bonchev–Trinajstić information content (AvgIpc) is 3.47. The largest absolute Gasteiger partial charge is 0.391 e. The highest BCUT2D eigenvalue weighted by atomic mass is 16.8. The first-order valence-electron chi connectivity index (χ1n) is 26.6. The van der Waals surface area contributed by atoms with Crippen molar-refractivity contribution in [1.82, 2.24) is 0 Å². The third-order valence-corrected chi connectivity index (χ3v) is 18.7. The lowest BCUT2D eigenvalue weighted by Gasteiger charge is -2.63. The third kappa shape index (κ3) is 8.60. The summed E-state index contributed by atoms with van der Waals surface area (Å²) in [6.45, 7) is -0.177. The second kappa shape index (κ2) is 20.9. The fourth-order valence-corrected chi connectivity index (χ4v) is 13.8. The van der Waals surface area contributed by atoms with Crippen molar-refractivity contribution in [1.29, 1.82) is 0 Å². The molecule has 29 nitrogen and oxygen atoms in total. The van der Waals surface area contributed by atoms with E-state index in [-0.39, 0.29) is 71.3 Å². The highest BCUT2D eigenvalue weighted by Crippen LogP contribution is 2.55. The summed E-state index contributed by atoms with van der Waals surface area (Å²) in [4.78, 5) is 0. The van der Waals surface area contributed by atoms with Crippen LogP contribution in [0.15, 0.2) is 0 Å². The van der Waals surface area contributed by atoms with Gasteiger partial charge >= 0.3 is 0 Å². The van der Waals surface area contributed by atoms with Crippen molar-refractivity contribution in [3.05, 3.63) is 0 Å². The zero-order chi connectivity index (χ0) is 54.2. The van der Waals surface area contributed by atoms with Gasteiger partial charge in [-0.3, -0.25) is 0 Å². The van der Waals surface area contributed by atoms with Gasteiger partial charge in [0.25, 0.3) is 0 Å². The molecule has 18 aliphatic heterocycles. The van der Waals surface area contributed by atoms with E-state index in [1.165, 1.54) is 7.11 Å². The standard InChI is InChI=1S/C48H74O29/c1-19-36-30(54)26(66-43(19,13-49)71-36)9-61-5-22-39-33(57)28(69-46(22,16-52)74-39)11-64-7-24-40-34(58)29(12-62-4-21-38-32(56)25(8-60-3)68-45(21,15-51)73-38)70-48(24,76-40)18-65-42-35(59)41-23(47(17-53,75-41)77-42)6-63-10-27-31(55)37-20(2)44(14-50,67-27)72-37/h19-42,49-59H,4-18H2,1-3H3/t19-,20-,21-,22-,23-,24-,25+,26+,27+,28+,29+,30?,31?,32?,33?,34?,35?,36?,37?,38?,39?,40?,41?,42-,43?,44?,45?,46?,47?,48?/m0/s1. The molecule has 18 aliphatic rings. The van der Waals surface area contributed by atoms with Crippen LogP contribution in [-0.4, -0.2) is 307 Å². The van der Waals surface area contributed by atoms with Crippen LogP contribution in [0.2, 0.25) is 0 Å². The Morgan fingerprint density at radius 2 is 0.610 bits per heavy atom. The van der Waals surface area contributed by atoms with Gasteiger partial charge in [-0.05, 0) is 0 Å². The monoisotopic (exact) mass is 1110 g/mol. The zero-order valence-corrected chi connectivity index (χ0v) is 42.7. The summed E-state index contributed by atoms with van der Waals surface area (Å²) in [6, 6.07) is 0. The lowest BCUT2D eigenvalue weighted by atomic mass is 9.78. The van der Waals surface area contributed by atoms with E-state index in [1.54, 1.807) is 0 Å². The first-order valence-corrected chi connectivity index (χ1v) is 26.6. The Kier molecular flexibility index (Phi) is 15.3. The molecule has 18 saturated heterocycles. The SMILES string of the molecule is COC[C@H]1OC2(CO)OC(C1O)[C@@H]2COC[C@H]1OC2(CO[C@H]3OC4(CO)OC(C3O)[C@@H]4COC[C@H]3OC4(CO)OC(C3O)[C@@H]4C)OC(C1O)[C@@H]2COC[C@H]1OC2(CO)OC(C1O)[C@@H]2COC[C@H]1OC2(CO)OC(C1O)[C@@H]2C. The van der Waals surface area contributed by atoms with Crippen molar-refractivity contribution in [2.45, 2.75) is 159 Å². The maximum atomic E-state index is 11.7. The van der Waals surface area contributed by atoms with Crippen LogP contribution < -0.4 is 0 Å². The number of hydrogen-bond acceptors (Lipinski definition) is 29. The molecule has 0 aliphatic carbocycles. The van der Waals surface area contributed by atoms with Gasteiger partial charge in [-0.2, -0.15) is 0 Å². The Morgan fingerprint density at radius 1 is 0.325 bits per heavy atom. The summed E-state index contributed by atoms with van der Waals surface area (Å²) in [5.74, 6) is -11.8. The number of fused-ring (bicyclic) bond motifs is 12. The molecule has 0 amide bonds. The van der Waals surface area contributed by atoms with Crippen LogP contribution in [0.1, 0.15) is 13.8 Å². The highest BCUT2D eigenvalue weighted by Gasteiger charge is 2.72. The van der Waals surface area contributed by atoms with Crippen LogP contribution >= 0.6 is 0 Å². The maximum absolute atomic E-state index is 11.7. The van der Waals surface area contributed by atoms with Crippen molar-refractivity contribution < 1.29 is 141 Å². The van der Waals surface area contributed by atoms with Gasteiger partial charge in [-0.1, -0.05) is 13.8 Å². The van der Waals surface area contributed by atoms with Crippen LogP contribution in [0.25, 0.3) is 0 Å². The first kappa shape index (κ1) is 56.3. The number of aliphatic hydroxyl groups excluding tert-OH is 11. The quantitative estimate of drug-likeness (QED) is 0.0383.